The number of aromatic amines is 1. The highest BCUT2D eigenvalue weighted by Crippen LogP contribution is 2.13. The number of nitrogens with zero attached hydrogens (tertiary/aromatic N) is 1. The van der Waals surface area contributed by atoms with E-state index in [-0.39, 0.29) is 6.54 Å². The molecular weight excluding hydrogens is 250 g/mol. The molecule has 0 spiro atoms. The minimum atomic E-state index is -1.20. The Labute approximate surface area is 108 Å². The van der Waals surface area contributed by atoms with Gasteiger partial charge in [-0.05, 0) is 17.7 Å². The standard InChI is InChI=1S/C12H15N3O4/c1-15(11(17)9(16)5-13)6-7-2-3-8-10(4-7)19-12(18)14-8/h2-4,9,16H,5-6,13H2,1H3,(H,14,18). The van der Waals surface area contributed by atoms with Gasteiger partial charge in [-0.25, -0.2) is 4.79 Å². The minimum absolute atomic E-state index is 0.116. The molecule has 2 rings (SSSR count). The first-order valence-electron chi connectivity index (χ1n) is 5.76. The number of fused-ring (bicyclic) bond motifs is 1. The van der Waals surface area contributed by atoms with Gasteiger partial charge in [0.15, 0.2) is 5.58 Å². The van der Waals surface area contributed by atoms with Gasteiger partial charge >= 0.3 is 5.76 Å². The first-order chi connectivity index (χ1) is 9.01. The molecule has 0 aliphatic carbocycles. The summed E-state index contributed by atoms with van der Waals surface area (Å²) in [6.07, 6.45) is -1.20. The van der Waals surface area contributed by atoms with Crippen molar-refractivity contribution in [2.75, 3.05) is 13.6 Å². The first kappa shape index (κ1) is 13.3. The van der Waals surface area contributed by atoms with Crippen molar-refractivity contribution in [1.82, 2.24) is 9.88 Å². The maximum absolute atomic E-state index is 11.7. The van der Waals surface area contributed by atoms with E-state index in [0.29, 0.717) is 17.6 Å². The lowest BCUT2D eigenvalue weighted by molar-refractivity contribution is -0.138. The lowest BCUT2D eigenvalue weighted by atomic mass is 10.2. The quantitative estimate of drug-likeness (QED) is 0.683. The lowest BCUT2D eigenvalue weighted by Crippen LogP contribution is -2.40. The predicted molar refractivity (Wildman–Crippen MR) is 68.4 cm³/mol. The summed E-state index contributed by atoms with van der Waals surface area (Å²) in [7, 11) is 1.57. The fourth-order valence-corrected chi connectivity index (χ4v) is 1.80. The van der Waals surface area contributed by atoms with E-state index in [1.165, 1.54) is 4.90 Å². The summed E-state index contributed by atoms with van der Waals surface area (Å²) in [5, 5.41) is 9.37. The Morgan fingerprint density at radius 3 is 3.00 bits per heavy atom. The SMILES string of the molecule is CN(Cc1ccc2[nH]c(=O)oc2c1)C(=O)C(O)CN. The van der Waals surface area contributed by atoms with Crippen molar-refractivity contribution >= 4 is 17.0 Å². The zero-order valence-electron chi connectivity index (χ0n) is 10.4. The van der Waals surface area contributed by atoms with Crippen LogP contribution in [-0.4, -0.2) is 40.6 Å². The normalized spacial score (nSPS) is 12.6. The molecule has 1 atom stereocenters. The Bertz CT molecular complexity index is 646. The van der Waals surface area contributed by atoms with E-state index in [2.05, 4.69) is 4.98 Å². The van der Waals surface area contributed by atoms with Crippen LogP contribution in [0.1, 0.15) is 5.56 Å². The molecule has 0 saturated heterocycles. The fourth-order valence-electron chi connectivity index (χ4n) is 1.80. The number of benzene rings is 1. The van der Waals surface area contributed by atoms with Gasteiger partial charge in [-0.3, -0.25) is 9.78 Å². The maximum Gasteiger partial charge on any atom is 0.417 e. The second-order valence-corrected chi connectivity index (χ2v) is 4.29. The number of aliphatic hydroxyl groups excluding tert-OH is 1. The third kappa shape index (κ3) is 2.83. The van der Waals surface area contributed by atoms with Crippen molar-refractivity contribution in [3.05, 3.63) is 34.3 Å². The van der Waals surface area contributed by atoms with Crippen molar-refractivity contribution < 1.29 is 14.3 Å². The summed E-state index contributed by atoms with van der Waals surface area (Å²) in [4.78, 5) is 26.6. The molecule has 1 aromatic carbocycles. The van der Waals surface area contributed by atoms with Crippen LogP contribution < -0.4 is 11.5 Å². The van der Waals surface area contributed by atoms with Gasteiger partial charge in [0.1, 0.15) is 6.10 Å². The summed E-state index contributed by atoms with van der Waals surface area (Å²) in [6, 6.07) is 5.14. The Morgan fingerprint density at radius 1 is 1.58 bits per heavy atom. The van der Waals surface area contributed by atoms with Gasteiger partial charge in [0.05, 0.1) is 5.52 Å². The van der Waals surface area contributed by atoms with Crippen molar-refractivity contribution in [1.29, 1.82) is 0 Å². The van der Waals surface area contributed by atoms with Crippen LogP contribution in [0.2, 0.25) is 0 Å². The molecule has 1 heterocycles. The molecule has 2 aromatic rings. The van der Waals surface area contributed by atoms with Gasteiger partial charge in [-0.15, -0.1) is 0 Å². The second-order valence-electron chi connectivity index (χ2n) is 4.29. The molecule has 102 valence electrons. The number of likely N-dealkylation sites (N-methyl/N-ethyl adjacent to an activating group) is 1. The van der Waals surface area contributed by atoms with Gasteiger partial charge in [0, 0.05) is 20.1 Å². The highest BCUT2D eigenvalue weighted by Gasteiger charge is 2.18. The van der Waals surface area contributed by atoms with Crippen LogP contribution in [0.4, 0.5) is 0 Å². The summed E-state index contributed by atoms with van der Waals surface area (Å²) >= 11 is 0. The molecule has 0 radical (unpaired) electrons. The Morgan fingerprint density at radius 2 is 2.32 bits per heavy atom. The van der Waals surface area contributed by atoms with Gasteiger partial charge in [-0.2, -0.15) is 0 Å². The monoisotopic (exact) mass is 265 g/mol. The third-order valence-corrected chi connectivity index (χ3v) is 2.79. The average Bonchev–Trinajstić information content (AvgIpc) is 2.76. The summed E-state index contributed by atoms with van der Waals surface area (Å²) in [6.45, 7) is 0.176. The minimum Gasteiger partial charge on any atom is -0.408 e. The molecule has 0 aliphatic heterocycles. The number of carbonyl (C=O) groups excluding carboxylic acids is 1. The molecule has 19 heavy (non-hydrogen) atoms. The number of amides is 1. The van der Waals surface area contributed by atoms with E-state index in [0.717, 1.165) is 5.56 Å². The van der Waals surface area contributed by atoms with Crippen molar-refractivity contribution in [2.24, 2.45) is 5.73 Å². The molecule has 7 nitrogen and oxygen atoms in total. The summed E-state index contributed by atoms with van der Waals surface area (Å²) in [5.41, 5.74) is 7.05. The van der Waals surface area contributed by atoms with Crippen LogP contribution >= 0.6 is 0 Å². The molecule has 4 N–H and O–H groups in total. The number of H-pyrrole nitrogens is 1. The second kappa shape index (κ2) is 5.25. The molecule has 0 aliphatic rings. The number of aliphatic hydroxyl groups is 1. The highest BCUT2D eigenvalue weighted by molar-refractivity contribution is 5.80. The smallest absolute Gasteiger partial charge is 0.408 e. The zero-order chi connectivity index (χ0) is 14.0. The highest BCUT2D eigenvalue weighted by atomic mass is 16.4. The predicted octanol–water partition coefficient (Wildman–Crippen LogP) is -0.601. The lowest BCUT2D eigenvalue weighted by Gasteiger charge is -2.19. The van der Waals surface area contributed by atoms with Crippen LogP contribution in [0.3, 0.4) is 0 Å². The summed E-state index contributed by atoms with van der Waals surface area (Å²) in [5.74, 6) is -0.965. The first-order valence-corrected chi connectivity index (χ1v) is 5.76. The summed E-state index contributed by atoms with van der Waals surface area (Å²) < 4.78 is 4.94. The van der Waals surface area contributed by atoms with E-state index in [1.807, 2.05) is 0 Å². The molecule has 1 unspecified atom stereocenters. The van der Waals surface area contributed by atoms with Crippen molar-refractivity contribution in [3.63, 3.8) is 0 Å². The number of hydrogen-bond acceptors (Lipinski definition) is 5. The van der Waals surface area contributed by atoms with Crippen LogP contribution in [0.15, 0.2) is 27.4 Å². The molecule has 0 fully saturated rings. The molecular formula is C12H15N3O4. The zero-order valence-corrected chi connectivity index (χ0v) is 10.4. The van der Waals surface area contributed by atoms with E-state index in [1.54, 1.807) is 25.2 Å². The number of rotatable bonds is 4. The number of nitrogens with two attached hydrogens (primary N) is 1. The maximum atomic E-state index is 11.7. The van der Waals surface area contributed by atoms with Gasteiger partial charge in [0.25, 0.3) is 5.91 Å². The van der Waals surface area contributed by atoms with E-state index < -0.39 is 17.8 Å². The molecule has 1 amide bonds. The van der Waals surface area contributed by atoms with E-state index in [9.17, 15) is 14.7 Å². The van der Waals surface area contributed by atoms with Crippen molar-refractivity contribution in [2.45, 2.75) is 12.6 Å². The third-order valence-electron chi connectivity index (χ3n) is 2.79. The van der Waals surface area contributed by atoms with Gasteiger partial charge in [0.2, 0.25) is 0 Å². The topological polar surface area (TPSA) is 113 Å². The van der Waals surface area contributed by atoms with Crippen LogP contribution in [0, 0.1) is 0 Å². The molecule has 0 bridgehead atoms. The number of carbonyl (C=O) groups is 1. The Balaban J connectivity index is 2.16. The largest absolute Gasteiger partial charge is 0.417 e. The van der Waals surface area contributed by atoms with Gasteiger partial charge < -0.3 is 20.2 Å². The number of aromatic nitrogens is 1. The van der Waals surface area contributed by atoms with Gasteiger partial charge in [-0.1, -0.05) is 6.07 Å². The molecule has 1 aromatic heterocycles. The number of hydrogen-bond donors (Lipinski definition) is 3. The van der Waals surface area contributed by atoms with Crippen LogP contribution in [0.5, 0.6) is 0 Å². The van der Waals surface area contributed by atoms with Crippen LogP contribution in [-0.2, 0) is 11.3 Å². The molecule has 0 saturated carbocycles. The Hall–Kier alpha value is -2.12. The number of nitrogens with one attached hydrogen (secondary N) is 1. The Kier molecular flexibility index (Phi) is 3.68. The van der Waals surface area contributed by atoms with Crippen molar-refractivity contribution in [3.8, 4) is 0 Å². The molecule has 7 heteroatoms. The van der Waals surface area contributed by atoms with Crippen LogP contribution in [0.25, 0.3) is 11.1 Å². The average molecular weight is 265 g/mol. The van der Waals surface area contributed by atoms with E-state index >= 15 is 0 Å². The fraction of sp³-hybridized carbons (Fsp3) is 0.333. The number of oxazole rings is 1. The van der Waals surface area contributed by atoms with E-state index in [4.69, 9.17) is 10.2 Å².